The molecule has 0 aromatic carbocycles. The molecule has 2 heteroatoms. The summed E-state index contributed by atoms with van der Waals surface area (Å²) >= 11 is 0. The van der Waals surface area contributed by atoms with Crippen LogP contribution >= 0.6 is 0 Å². The van der Waals surface area contributed by atoms with Crippen molar-refractivity contribution in [3.8, 4) is 0 Å². The van der Waals surface area contributed by atoms with Crippen molar-refractivity contribution < 1.29 is 0 Å². The van der Waals surface area contributed by atoms with Crippen LogP contribution in [0.3, 0.4) is 0 Å². The van der Waals surface area contributed by atoms with Gasteiger partial charge < -0.3 is 0 Å². The Morgan fingerprint density at radius 3 is 3.12 bits per heavy atom. The molecule has 0 saturated carbocycles. The van der Waals surface area contributed by atoms with E-state index in [0.717, 1.165) is 19.4 Å². The van der Waals surface area contributed by atoms with Crippen molar-refractivity contribution in [1.82, 2.24) is 5.32 Å². The molecule has 1 N–H and O–H groups in total. The van der Waals surface area contributed by atoms with Gasteiger partial charge in [-0.2, -0.15) is 0 Å². The van der Waals surface area contributed by atoms with Crippen molar-refractivity contribution in [3.63, 3.8) is 0 Å². The summed E-state index contributed by atoms with van der Waals surface area (Å²) in [6, 6.07) is 0. The second kappa shape index (κ2) is 2.82. The van der Waals surface area contributed by atoms with Gasteiger partial charge in [0.2, 0.25) is 0 Å². The standard InChI is InChI=1S/C6H12N2/c1-2-6-7-4-3-5-8-6/h4,6,8H,2-3,5H2,1H3. The summed E-state index contributed by atoms with van der Waals surface area (Å²) in [4.78, 5) is 4.21. The molecule has 0 spiro atoms. The number of nitrogens with zero attached hydrogens (tertiary/aromatic N) is 1. The Morgan fingerprint density at radius 2 is 2.75 bits per heavy atom. The van der Waals surface area contributed by atoms with Crippen LogP contribution in [-0.2, 0) is 0 Å². The molecule has 2 nitrogen and oxygen atoms in total. The van der Waals surface area contributed by atoms with E-state index in [9.17, 15) is 0 Å². The van der Waals surface area contributed by atoms with Crippen molar-refractivity contribution in [2.75, 3.05) is 6.54 Å². The highest BCUT2D eigenvalue weighted by atomic mass is 15.1. The van der Waals surface area contributed by atoms with Crippen molar-refractivity contribution >= 4 is 6.21 Å². The van der Waals surface area contributed by atoms with E-state index in [2.05, 4.69) is 17.2 Å². The molecular formula is C6H12N2. The Labute approximate surface area is 50.0 Å². The molecule has 0 fully saturated rings. The molecule has 0 aromatic heterocycles. The second-order valence-corrected chi connectivity index (χ2v) is 2.00. The first-order chi connectivity index (χ1) is 3.93. The zero-order valence-corrected chi connectivity index (χ0v) is 5.22. The lowest BCUT2D eigenvalue weighted by Crippen LogP contribution is -2.31. The minimum Gasteiger partial charge on any atom is -0.295 e. The fourth-order valence-electron chi connectivity index (χ4n) is 0.819. The molecule has 1 atom stereocenters. The van der Waals surface area contributed by atoms with Crippen molar-refractivity contribution in [3.05, 3.63) is 0 Å². The van der Waals surface area contributed by atoms with E-state index < -0.39 is 0 Å². The maximum atomic E-state index is 4.21. The number of hydrogen-bond acceptors (Lipinski definition) is 2. The average Bonchev–Trinajstić information content (AvgIpc) is 1.90. The fraction of sp³-hybridized carbons (Fsp3) is 0.833. The van der Waals surface area contributed by atoms with Crippen LogP contribution in [0.5, 0.6) is 0 Å². The highest BCUT2D eigenvalue weighted by Gasteiger charge is 2.02. The monoisotopic (exact) mass is 112 g/mol. The number of rotatable bonds is 1. The molecule has 1 unspecified atom stereocenters. The van der Waals surface area contributed by atoms with E-state index >= 15 is 0 Å². The van der Waals surface area contributed by atoms with Gasteiger partial charge in [-0.3, -0.25) is 10.3 Å². The molecule has 1 heterocycles. The van der Waals surface area contributed by atoms with Gasteiger partial charge in [0, 0.05) is 12.8 Å². The summed E-state index contributed by atoms with van der Waals surface area (Å²) in [5.74, 6) is 0. The smallest absolute Gasteiger partial charge is 0.0987 e. The largest absolute Gasteiger partial charge is 0.295 e. The van der Waals surface area contributed by atoms with Gasteiger partial charge in [-0.25, -0.2) is 0 Å². The molecule has 0 saturated heterocycles. The van der Waals surface area contributed by atoms with E-state index in [1.807, 2.05) is 6.21 Å². The van der Waals surface area contributed by atoms with E-state index in [1.165, 1.54) is 0 Å². The SMILES string of the molecule is CCC1N=CCCN1. The van der Waals surface area contributed by atoms with Crippen LogP contribution in [0, 0.1) is 0 Å². The third kappa shape index (κ3) is 1.30. The highest BCUT2D eigenvalue weighted by Crippen LogP contribution is 1.95. The Morgan fingerprint density at radius 1 is 1.88 bits per heavy atom. The summed E-state index contributed by atoms with van der Waals surface area (Å²) in [5.41, 5.74) is 0. The van der Waals surface area contributed by atoms with Gasteiger partial charge in [-0.15, -0.1) is 0 Å². The third-order valence-corrected chi connectivity index (χ3v) is 1.33. The lowest BCUT2D eigenvalue weighted by Gasteiger charge is -2.14. The van der Waals surface area contributed by atoms with Gasteiger partial charge in [0.15, 0.2) is 0 Å². The molecule has 8 heavy (non-hydrogen) atoms. The molecule has 0 aromatic rings. The molecule has 0 radical (unpaired) electrons. The van der Waals surface area contributed by atoms with Crippen LogP contribution in [0.4, 0.5) is 0 Å². The van der Waals surface area contributed by atoms with Gasteiger partial charge >= 0.3 is 0 Å². The predicted octanol–water partition coefficient (Wildman–Crippen LogP) is 0.787. The van der Waals surface area contributed by atoms with Gasteiger partial charge in [0.05, 0.1) is 6.17 Å². The first-order valence-corrected chi connectivity index (χ1v) is 3.18. The predicted molar refractivity (Wildman–Crippen MR) is 35.2 cm³/mol. The molecule has 46 valence electrons. The van der Waals surface area contributed by atoms with Crippen molar-refractivity contribution in [2.45, 2.75) is 25.9 Å². The normalized spacial score (nSPS) is 28.4. The van der Waals surface area contributed by atoms with Crippen molar-refractivity contribution in [1.29, 1.82) is 0 Å². The molecule has 0 amide bonds. The quantitative estimate of drug-likeness (QED) is 0.532. The van der Waals surface area contributed by atoms with Gasteiger partial charge in [0.1, 0.15) is 0 Å². The highest BCUT2D eigenvalue weighted by molar-refractivity contribution is 5.58. The Bertz CT molecular complexity index is 88.5. The molecule has 0 aliphatic carbocycles. The lowest BCUT2D eigenvalue weighted by atomic mass is 10.3. The van der Waals surface area contributed by atoms with Crippen LogP contribution < -0.4 is 5.32 Å². The minimum absolute atomic E-state index is 0.406. The summed E-state index contributed by atoms with van der Waals surface area (Å²) in [5, 5.41) is 3.27. The second-order valence-electron chi connectivity index (χ2n) is 2.00. The Hall–Kier alpha value is -0.370. The summed E-state index contributed by atoms with van der Waals surface area (Å²) < 4.78 is 0. The average molecular weight is 112 g/mol. The first-order valence-electron chi connectivity index (χ1n) is 3.18. The van der Waals surface area contributed by atoms with Crippen LogP contribution in [0.15, 0.2) is 4.99 Å². The van der Waals surface area contributed by atoms with Crippen LogP contribution in [0.2, 0.25) is 0 Å². The number of aliphatic imine (C=N–C) groups is 1. The van der Waals surface area contributed by atoms with Gasteiger partial charge in [-0.05, 0) is 12.8 Å². The van der Waals surface area contributed by atoms with Crippen LogP contribution in [0.25, 0.3) is 0 Å². The summed E-state index contributed by atoms with van der Waals surface area (Å²) in [6.45, 7) is 3.24. The molecular weight excluding hydrogens is 100 g/mol. The number of nitrogens with one attached hydrogen (secondary N) is 1. The van der Waals surface area contributed by atoms with Crippen molar-refractivity contribution in [2.24, 2.45) is 4.99 Å². The summed E-state index contributed by atoms with van der Waals surface area (Å²) in [6.07, 6.45) is 4.61. The van der Waals surface area contributed by atoms with Gasteiger partial charge in [-0.1, -0.05) is 6.92 Å². The fourth-order valence-corrected chi connectivity index (χ4v) is 0.819. The Kier molecular flexibility index (Phi) is 2.03. The van der Waals surface area contributed by atoms with Crippen LogP contribution in [-0.4, -0.2) is 18.9 Å². The number of hydrogen-bond donors (Lipinski definition) is 1. The topological polar surface area (TPSA) is 24.4 Å². The van der Waals surface area contributed by atoms with Gasteiger partial charge in [0.25, 0.3) is 0 Å². The van der Waals surface area contributed by atoms with Crippen LogP contribution in [0.1, 0.15) is 19.8 Å². The Balaban J connectivity index is 2.32. The lowest BCUT2D eigenvalue weighted by molar-refractivity contribution is 0.510. The minimum atomic E-state index is 0.406. The third-order valence-electron chi connectivity index (χ3n) is 1.33. The maximum absolute atomic E-state index is 4.21. The molecule has 1 rings (SSSR count). The van der Waals surface area contributed by atoms with E-state index in [4.69, 9.17) is 0 Å². The maximum Gasteiger partial charge on any atom is 0.0987 e. The first kappa shape index (κ1) is 5.76. The zero-order valence-electron chi connectivity index (χ0n) is 5.22. The summed E-state index contributed by atoms with van der Waals surface area (Å²) in [7, 11) is 0. The van der Waals surface area contributed by atoms with E-state index in [-0.39, 0.29) is 0 Å². The van der Waals surface area contributed by atoms with E-state index in [1.54, 1.807) is 0 Å². The zero-order chi connectivity index (χ0) is 5.82. The molecule has 0 bridgehead atoms. The molecule has 1 aliphatic heterocycles. The van der Waals surface area contributed by atoms with E-state index in [0.29, 0.717) is 6.17 Å². The molecule has 1 aliphatic rings.